The highest BCUT2D eigenvalue weighted by atomic mass is 32.1. The Hall–Kier alpha value is -1.96. The second-order valence-electron chi connectivity index (χ2n) is 3.21. The summed E-state index contributed by atoms with van der Waals surface area (Å²) in [4.78, 5) is 12.3. The maximum Gasteiger partial charge on any atom is 0.270 e. The first kappa shape index (κ1) is 10.6. The minimum Gasteiger partial charge on any atom is -0.394 e. The van der Waals surface area contributed by atoms with Crippen molar-refractivity contribution in [2.24, 2.45) is 7.05 Å². The highest BCUT2D eigenvalue weighted by molar-refractivity contribution is 7.08. The van der Waals surface area contributed by atoms with Gasteiger partial charge in [-0.2, -0.15) is 5.10 Å². The van der Waals surface area contributed by atoms with E-state index in [-0.39, 0.29) is 5.91 Å². The zero-order chi connectivity index (χ0) is 11.7. The number of carbonyl (C=O) groups is 1. The SMILES string of the molecule is Cc1nnsc1C(=O)Nc1c(N)cnn1C. The minimum absolute atomic E-state index is 0.275. The van der Waals surface area contributed by atoms with Crippen LogP contribution in [-0.2, 0) is 7.05 Å². The molecule has 2 aromatic rings. The molecule has 0 saturated heterocycles. The van der Waals surface area contributed by atoms with Gasteiger partial charge in [0.25, 0.3) is 5.91 Å². The third-order valence-electron chi connectivity index (χ3n) is 2.06. The average molecular weight is 238 g/mol. The number of nitrogens with zero attached hydrogens (tertiary/aromatic N) is 4. The van der Waals surface area contributed by atoms with Gasteiger partial charge in [0.1, 0.15) is 4.88 Å². The van der Waals surface area contributed by atoms with Crippen molar-refractivity contribution in [1.29, 1.82) is 0 Å². The van der Waals surface area contributed by atoms with Gasteiger partial charge in [-0.1, -0.05) is 4.49 Å². The molecule has 0 aliphatic heterocycles. The normalized spacial score (nSPS) is 10.4. The lowest BCUT2D eigenvalue weighted by Gasteiger charge is -2.04. The maximum absolute atomic E-state index is 11.8. The van der Waals surface area contributed by atoms with Crippen molar-refractivity contribution in [2.75, 3.05) is 11.1 Å². The third kappa shape index (κ3) is 1.74. The highest BCUT2D eigenvalue weighted by Crippen LogP contribution is 2.18. The quantitative estimate of drug-likeness (QED) is 0.789. The van der Waals surface area contributed by atoms with Gasteiger partial charge in [0, 0.05) is 7.05 Å². The zero-order valence-electron chi connectivity index (χ0n) is 8.76. The molecule has 0 unspecified atom stereocenters. The summed E-state index contributed by atoms with van der Waals surface area (Å²) in [5, 5.41) is 10.4. The number of nitrogen functional groups attached to an aromatic ring is 1. The molecule has 7 nitrogen and oxygen atoms in total. The van der Waals surface area contributed by atoms with E-state index in [1.54, 1.807) is 14.0 Å². The van der Waals surface area contributed by atoms with E-state index in [1.807, 2.05) is 0 Å². The average Bonchev–Trinajstić information content (AvgIpc) is 2.79. The Morgan fingerprint density at radius 1 is 1.62 bits per heavy atom. The van der Waals surface area contributed by atoms with Crippen molar-refractivity contribution in [2.45, 2.75) is 6.92 Å². The summed E-state index contributed by atoms with van der Waals surface area (Å²) in [6.45, 7) is 1.73. The van der Waals surface area contributed by atoms with Gasteiger partial charge in [0.05, 0.1) is 17.6 Å². The van der Waals surface area contributed by atoms with Gasteiger partial charge in [-0.05, 0) is 18.5 Å². The Balaban J connectivity index is 2.24. The van der Waals surface area contributed by atoms with E-state index in [0.717, 1.165) is 11.5 Å². The van der Waals surface area contributed by atoms with Crippen LogP contribution >= 0.6 is 11.5 Å². The summed E-state index contributed by atoms with van der Waals surface area (Å²) >= 11 is 1.05. The van der Waals surface area contributed by atoms with Crippen LogP contribution < -0.4 is 11.1 Å². The van der Waals surface area contributed by atoms with Gasteiger partial charge >= 0.3 is 0 Å². The number of hydrogen-bond acceptors (Lipinski definition) is 6. The standard InChI is InChI=1S/C8H10N6OS/c1-4-6(16-13-12-4)8(15)11-7-5(9)3-10-14(7)2/h3H,9H2,1-2H3,(H,11,15). The van der Waals surface area contributed by atoms with Crippen molar-refractivity contribution in [3.63, 3.8) is 0 Å². The molecule has 0 bridgehead atoms. The van der Waals surface area contributed by atoms with Crippen molar-refractivity contribution >= 4 is 28.9 Å². The van der Waals surface area contributed by atoms with E-state index < -0.39 is 0 Å². The number of carbonyl (C=O) groups excluding carboxylic acids is 1. The zero-order valence-corrected chi connectivity index (χ0v) is 9.58. The van der Waals surface area contributed by atoms with Crippen molar-refractivity contribution in [1.82, 2.24) is 19.4 Å². The molecule has 1 amide bonds. The monoisotopic (exact) mass is 238 g/mol. The van der Waals surface area contributed by atoms with Crippen molar-refractivity contribution < 1.29 is 4.79 Å². The largest absolute Gasteiger partial charge is 0.394 e. The molecule has 0 aromatic carbocycles. The predicted molar refractivity (Wildman–Crippen MR) is 60.2 cm³/mol. The molecule has 16 heavy (non-hydrogen) atoms. The Bertz CT molecular complexity index is 511. The van der Waals surface area contributed by atoms with E-state index in [2.05, 4.69) is 20.0 Å². The van der Waals surface area contributed by atoms with Crippen LogP contribution in [0.3, 0.4) is 0 Å². The van der Waals surface area contributed by atoms with Crippen LogP contribution in [0, 0.1) is 6.92 Å². The second kappa shape index (κ2) is 3.89. The van der Waals surface area contributed by atoms with Gasteiger partial charge in [-0.25, -0.2) is 0 Å². The van der Waals surface area contributed by atoms with Gasteiger partial charge in [-0.3, -0.25) is 9.48 Å². The summed E-state index contributed by atoms with van der Waals surface area (Å²) in [6, 6.07) is 0. The van der Waals surface area contributed by atoms with E-state index >= 15 is 0 Å². The molecule has 0 aliphatic carbocycles. The number of nitrogens with one attached hydrogen (secondary N) is 1. The summed E-state index contributed by atoms with van der Waals surface area (Å²) in [7, 11) is 1.70. The molecule has 3 N–H and O–H groups in total. The van der Waals surface area contributed by atoms with Gasteiger partial charge in [-0.15, -0.1) is 5.10 Å². The van der Waals surface area contributed by atoms with Crippen LogP contribution in [0.4, 0.5) is 11.5 Å². The number of amides is 1. The molecule has 8 heteroatoms. The third-order valence-corrected chi connectivity index (χ3v) is 2.88. The van der Waals surface area contributed by atoms with Gasteiger partial charge in [0.2, 0.25) is 0 Å². The topological polar surface area (TPSA) is 98.7 Å². The molecule has 0 atom stereocenters. The number of rotatable bonds is 2. The molecule has 0 saturated carbocycles. The molecule has 84 valence electrons. The molecule has 0 fully saturated rings. The molecule has 0 aliphatic rings. The second-order valence-corrected chi connectivity index (χ2v) is 3.97. The molecular formula is C8H10N6OS. The Morgan fingerprint density at radius 3 is 2.88 bits per heavy atom. The van der Waals surface area contributed by atoms with Crippen LogP contribution in [0.25, 0.3) is 0 Å². The fourth-order valence-corrected chi connectivity index (χ4v) is 1.76. The molecule has 2 rings (SSSR count). The Labute approximate surface area is 95.4 Å². The van der Waals surface area contributed by atoms with Crippen LogP contribution in [0.2, 0.25) is 0 Å². The lowest BCUT2D eigenvalue weighted by molar-refractivity contribution is 0.102. The first-order valence-electron chi connectivity index (χ1n) is 4.47. The first-order valence-corrected chi connectivity index (χ1v) is 5.24. The first-order chi connectivity index (χ1) is 7.59. The number of aromatic nitrogens is 4. The summed E-state index contributed by atoms with van der Waals surface area (Å²) in [5.74, 6) is 0.195. The van der Waals surface area contributed by atoms with Crippen LogP contribution in [0.1, 0.15) is 15.4 Å². The molecule has 2 heterocycles. The van der Waals surface area contributed by atoms with Crippen molar-refractivity contribution in [3.05, 3.63) is 16.8 Å². The van der Waals surface area contributed by atoms with Crippen molar-refractivity contribution in [3.8, 4) is 0 Å². The molecular weight excluding hydrogens is 228 g/mol. The molecule has 0 spiro atoms. The number of aryl methyl sites for hydroxylation is 2. The number of nitrogens with two attached hydrogens (primary N) is 1. The fraction of sp³-hybridized carbons (Fsp3) is 0.250. The summed E-state index contributed by atoms with van der Waals surface area (Å²) in [5.41, 5.74) is 6.68. The van der Waals surface area contributed by atoms with E-state index in [0.29, 0.717) is 22.1 Å². The lowest BCUT2D eigenvalue weighted by Crippen LogP contribution is -2.15. The van der Waals surface area contributed by atoms with Gasteiger partial charge in [0.15, 0.2) is 5.82 Å². The fourth-order valence-electron chi connectivity index (χ4n) is 1.21. The van der Waals surface area contributed by atoms with E-state index in [1.165, 1.54) is 10.9 Å². The molecule has 0 radical (unpaired) electrons. The van der Waals surface area contributed by atoms with E-state index in [4.69, 9.17) is 5.73 Å². The maximum atomic E-state index is 11.8. The molecule has 2 aromatic heterocycles. The number of anilines is 2. The highest BCUT2D eigenvalue weighted by Gasteiger charge is 2.16. The minimum atomic E-state index is -0.275. The smallest absolute Gasteiger partial charge is 0.270 e. The predicted octanol–water partition coefficient (Wildman–Crippen LogP) is 0.415. The van der Waals surface area contributed by atoms with E-state index in [9.17, 15) is 4.79 Å². The lowest BCUT2D eigenvalue weighted by atomic mass is 10.3. The van der Waals surface area contributed by atoms with Gasteiger partial charge < -0.3 is 11.1 Å². The Morgan fingerprint density at radius 2 is 2.38 bits per heavy atom. The summed E-state index contributed by atoms with van der Waals surface area (Å²) < 4.78 is 5.19. The summed E-state index contributed by atoms with van der Waals surface area (Å²) in [6.07, 6.45) is 1.48. The van der Waals surface area contributed by atoms with Crippen LogP contribution in [0.5, 0.6) is 0 Å². The van der Waals surface area contributed by atoms with Crippen LogP contribution in [0.15, 0.2) is 6.20 Å². The van der Waals surface area contributed by atoms with Crippen LogP contribution in [-0.4, -0.2) is 25.3 Å². The Kier molecular flexibility index (Phi) is 2.57. The number of hydrogen-bond donors (Lipinski definition) is 2.